The molecule has 0 aliphatic carbocycles. The average Bonchev–Trinajstić information content (AvgIpc) is 2.39. The number of hydrogen-bond acceptors (Lipinski definition) is 3. The van der Waals surface area contributed by atoms with Gasteiger partial charge >= 0.3 is 7.60 Å². The van der Waals surface area contributed by atoms with Crippen molar-refractivity contribution in [1.82, 2.24) is 0 Å². The highest BCUT2D eigenvalue weighted by molar-refractivity contribution is 7.62. The standard InChI is InChI=1S/C14H23O3P/c1-5-12(3)16-18(15,17-13(4)6-2)14-10-8-7-9-11-14/h7-13H,5-6H2,1-4H3/t12-,13-/m0/s1. The first kappa shape index (κ1) is 15.4. The van der Waals surface area contributed by atoms with Crippen LogP contribution in [0.4, 0.5) is 0 Å². The van der Waals surface area contributed by atoms with E-state index in [9.17, 15) is 4.57 Å². The molecule has 0 saturated carbocycles. The minimum absolute atomic E-state index is 0.0832. The average molecular weight is 270 g/mol. The van der Waals surface area contributed by atoms with Gasteiger partial charge in [0.15, 0.2) is 0 Å². The minimum atomic E-state index is -3.22. The molecule has 0 unspecified atom stereocenters. The molecule has 4 heteroatoms. The van der Waals surface area contributed by atoms with Crippen molar-refractivity contribution in [3.8, 4) is 0 Å². The van der Waals surface area contributed by atoms with Crippen LogP contribution in [0.5, 0.6) is 0 Å². The molecular weight excluding hydrogens is 247 g/mol. The third-order valence-corrected chi connectivity index (χ3v) is 5.07. The molecule has 1 rings (SSSR count). The zero-order valence-electron chi connectivity index (χ0n) is 11.6. The molecular formula is C14H23O3P. The van der Waals surface area contributed by atoms with Gasteiger partial charge in [-0.05, 0) is 38.8 Å². The Morgan fingerprint density at radius 3 is 1.83 bits per heavy atom. The Balaban J connectivity index is 2.98. The topological polar surface area (TPSA) is 35.5 Å². The van der Waals surface area contributed by atoms with E-state index in [1.807, 2.05) is 45.9 Å². The zero-order chi connectivity index (χ0) is 13.6. The van der Waals surface area contributed by atoms with Crippen LogP contribution in [0.25, 0.3) is 0 Å². The summed E-state index contributed by atoms with van der Waals surface area (Å²) in [6.45, 7) is 7.83. The van der Waals surface area contributed by atoms with E-state index >= 15 is 0 Å². The van der Waals surface area contributed by atoms with E-state index in [1.165, 1.54) is 0 Å². The summed E-state index contributed by atoms with van der Waals surface area (Å²) in [7, 11) is -3.22. The molecule has 1 aromatic carbocycles. The number of benzene rings is 1. The third kappa shape index (κ3) is 4.24. The largest absolute Gasteiger partial charge is 0.361 e. The van der Waals surface area contributed by atoms with Gasteiger partial charge < -0.3 is 9.05 Å². The van der Waals surface area contributed by atoms with Crippen LogP contribution in [-0.2, 0) is 13.6 Å². The van der Waals surface area contributed by atoms with Crippen molar-refractivity contribution in [3.63, 3.8) is 0 Å². The third-order valence-electron chi connectivity index (χ3n) is 2.86. The van der Waals surface area contributed by atoms with Gasteiger partial charge in [0.2, 0.25) is 0 Å². The summed E-state index contributed by atoms with van der Waals surface area (Å²) >= 11 is 0. The Morgan fingerprint density at radius 2 is 1.44 bits per heavy atom. The van der Waals surface area contributed by atoms with Crippen molar-refractivity contribution < 1.29 is 13.6 Å². The van der Waals surface area contributed by atoms with E-state index in [-0.39, 0.29) is 12.2 Å². The first-order valence-electron chi connectivity index (χ1n) is 6.54. The Hall–Kier alpha value is -0.630. The SMILES string of the molecule is CC[C@H](C)OP(=O)(O[C@@H](C)CC)c1ccccc1. The molecule has 0 fully saturated rings. The van der Waals surface area contributed by atoms with Gasteiger partial charge in [0, 0.05) is 0 Å². The second kappa shape index (κ2) is 7.08. The normalized spacial score (nSPS) is 15.3. The monoisotopic (exact) mass is 270 g/mol. The summed E-state index contributed by atoms with van der Waals surface area (Å²) in [6.07, 6.45) is 1.45. The second-order valence-electron chi connectivity index (χ2n) is 4.48. The quantitative estimate of drug-likeness (QED) is 0.699. The molecule has 0 aliphatic rings. The van der Waals surface area contributed by atoms with E-state index in [0.717, 1.165) is 12.8 Å². The van der Waals surface area contributed by atoms with Crippen molar-refractivity contribution in [2.75, 3.05) is 0 Å². The zero-order valence-corrected chi connectivity index (χ0v) is 12.5. The molecule has 1 aromatic rings. The van der Waals surface area contributed by atoms with Crippen molar-refractivity contribution in [2.24, 2.45) is 0 Å². The van der Waals surface area contributed by atoms with Crippen LogP contribution < -0.4 is 5.30 Å². The highest BCUT2D eigenvalue weighted by Gasteiger charge is 2.31. The first-order valence-corrected chi connectivity index (χ1v) is 8.08. The van der Waals surface area contributed by atoms with E-state index in [1.54, 1.807) is 12.1 Å². The summed E-state index contributed by atoms with van der Waals surface area (Å²) < 4.78 is 24.3. The van der Waals surface area contributed by atoms with Gasteiger partial charge in [-0.1, -0.05) is 32.0 Å². The van der Waals surface area contributed by atoms with Gasteiger partial charge in [0.25, 0.3) is 0 Å². The second-order valence-corrected chi connectivity index (χ2v) is 6.41. The lowest BCUT2D eigenvalue weighted by Crippen LogP contribution is -2.18. The molecule has 0 amide bonds. The fourth-order valence-corrected chi connectivity index (χ4v) is 3.46. The van der Waals surface area contributed by atoms with Crippen molar-refractivity contribution >= 4 is 12.9 Å². The summed E-state index contributed by atoms with van der Waals surface area (Å²) in [5.74, 6) is 0. The van der Waals surface area contributed by atoms with E-state index in [0.29, 0.717) is 5.30 Å². The predicted octanol–water partition coefficient (Wildman–Crippen LogP) is 4.14. The van der Waals surface area contributed by atoms with Gasteiger partial charge in [0.1, 0.15) is 0 Å². The van der Waals surface area contributed by atoms with Crippen LogP contribution in [0.15, 0.2) is 30.3 Å². The lowest BCUT2D eigenvalue weighted by atomic mass is 10.3. The molecule has 2 atom stereocenters. The van der Waals surface area contributed by atoms with Crippen LogP contribution in [-0.4, -0.2) is 12.2 Å². The van der Waals surface area contributed by atoms with Gasteiger partial charge in [-0.3, -0.25) is 4.57 Å². The van der Waals surface area contributed by atoms with Crippen LogP contribution in [0, 0.1) is 0 Å². The summed E-state index contributed by atoms with van der Waals surface area (Å²) in [5.41, 5.74) is 0. The molecule has 0 saturated heterocycles. The Bertz CT molecular complexity index is 375. The minimum Gasteiger partial charge on any atom is -0.302 e. The molecule has 0 spiro atoms. The maximum Gasteiger partial charge on any atom is 0.361 e. The van der Waals surface area contributed by atoms with Crippen molar-refractivity contribution in [2.45, 2.75) is 52.7 Å². The maximum absolute atomic E-state index is 12.9. The first-order chi connectivity index (χ1) is 8.51. The number of rotatable bonds is 7. The fraction of sp³-hybridized carbons (Fsp3) is 0.571. The number of hydrogen-bond donors (Lipinski definition) is 0. The lowest BCUT2D eigenvalue weighted by Gasteiger charge is -2.24. The predicted molar refractivity (Wildman–Crippen MR) is 75.4 cm³/mol. The van der Waals surface area contributed by atoms with Crippen LogP contribution in [0.3, 0.4) is 0 Å². The molecule has 102 valence electrons. The van der Waals surface area contributed by atoms with E-state index in [4.69, 9.17) is 9.05 Å². The van der Waals surface area contributed by atoms with Crippen LogP contribution >= 0.6 is 7.60 Å². The molecule has 3 nitrogen and oxygen atoms in total. The Morgan fingerprint density at radius 1 is 1.00 bits per heavy atom. The molecule has 0 heterocycles. The maximum atomic E-state index is 12.9. The van der Waals surface area contributed by atoms with Crippen molar-refractivity contribution in [1.29, 1.82) is 0 Å². The Labute approximate surface area is 110 Å². The smallest absolute Gasteiger partial charge is 0.302 e. The van der Waals surface area contributed by atoms with Gasteiger partial charge in [-0.25, -0.2) is 0 Å². The van der Waals surface area contributed by atoms with Gasteiger partial charge in [-0.15, -0.1) is 0 Å². The highest BCUT2D eigenvalue weighted by atomic mass is 31.2. The van der Waals surface area contributed by atoms with E-state index < -0.39 is 7.60 Å². The highest BCUT2D eigenvalue weighted by Crippen LogP contribution is 2.49. The summed E-state index contributed by atoms with van der Waals surface area (Å²) in [6, 6.07) is 9.18. The fourth-order valence-electron chi connectivity index (χ4n) is 1.38. The lowest BCUT2D eigenvalue weighted by molar-refractivity contribution is 0.131. The summed E-state index contributed by atoms with van der Waals surface area (Å²) in [5, 5.41) is 0.630. The van der Waals surface area contributed by atoms with Gasteiger partial charge in [-0.2, -0.15) is 0 Å². The Kier molecular flexibility index (Phi) is 6.07. The van der Waals surface area contributed by atoms with E-state index in [2.05, 4.69) is 0 Å². The van der Waals surface area contributed by atoms with Gasteiger partial charge in [0.05, 0.1) is 17.5 Å². The van der Waals surface area contributed by atoms with Crippen LogP contribution in [0.2, 0.25) is 0 Å². The van der Waals surface area contributed by atoms with Crippen molar-refractivity contribution in [3.05, 3.63) is 30.3 Å². The van der Waals surface area contributed by atoms with Crippen LogP contribution in [0.1, 0.15) is 40.5 Å². The molecule has 0 bridgehead atoms. The molecule has 0 radical (unpaired) electrons. The molecule has 0 aliphatic heterocycles. The molecule has 0 aromatic heterocycles. The molecule has 18 heavy (non-hydrogen) atoms. The molecule has 0 N–H and O–H groups in total. The summed E-state index contributed by atoms with van der Waals surface area (Å²) in [4.78, 5) is 0.